The molecule has 0 unspecified atom stereocenters. The quantitative estimate of drug-likeness (QED) is 0.620. The molecule has 0 spiro atoms. The maximum absolute atomic E-state index is 13.9. The van der Waals surface area contributed by atoms with E-state index in [1.165, 1.54) is 18.2 Å². The van der Waals surface area contributed by atoms with Crippen molar-refractivity contribution in [2.75, 3.05) is 7.11 Å². The Balaban J connectivity index is 1.67. The molecule has 0 aliphatic rings. The average molecular weight is 408 g/mol. The lowest BCUT2D eigenvalue weighted by atomic mass is 10.0. The molecule has 0 aromatic heterocycles. The van der Waals surface area contributed by atoms with Crippen LogP contribution in [-0.2, 0) is 11.3 Å². The molecule has 3 aromatic carbocycles. The van der Waals surface area contributed by atoms with Gasteiger partial charge in [-0.1, -0.05) is 44.2 Å². The van der Waals surface area contributed by atoms with Gasteiger partial charge in [0, 0.05) is 6.54 Å². The minimum absolute atomic E-state index is 0.0825. The van der Waals surface area contributed by atoms with Gasteiger partial charge in [-0.2, -0.15) is 0 Å². The minimum Gasteiger partial charge on any atom is -0.497 e. The number of fused-ring (bicyclic) bond motifs is 1. The highest BCUT2D eigenvalue weighted by molar-refractivity contribution is 5.97. The van der Waals surface area contributed by atoms with Crippen LogP contribution in [0.1, 0.15) is 29.8 Å². The Hall–Kier alpha value is -3.41. The summed E-state index contributed by atoms with van der Waals surface area (Å²) >= 11 is 0. The van der Waals surface area contributed by atoms with E-state index in [0.29, 0.717) is 6.54 Å². The van der Waals surface area contributed by atoms with E-state index in [1.807, 2.05) is 50.2 Å². The Kier molecular flexibility index (Phi) is 6.67. The fourth-order valence-corrected chi connectivity index (χ4v) is 3.21. The van der Waals surface area contributed by atoms with E-state index in [-0.39, 0.29) is 17.4 Å². The maximum atomic E-state index is 13.9. The molecule has 0 aliphatic carbocycles. The molecule has 0 bridgehead atoms. The lowest BCUT2D eigenvalue weighted by Gasteiger charge is -2.22. The van der Waals surface area contributed by atoms with Crippen LogP contribution in [-0.4, -0.2) is 25.0 Å². The van der Waals surface area contributed by atoms with Crippen LogP contribution in [0.4, 0.5) is 4.39 Å². The molecule has 0 aliphatic heterocycles. The van der Waals surface area contributed by atoms with E-state index in [0.717, 1.165) is 22.1 Å². The zero-order chi connectivity index (χ0) is 21.7. The van der Waals surface area contributed by atoms with Gasteiger partial charge in [-0.3, -0.25) is 9.59 Å². The standard InChI is InChI=1S/C24H25FN2O3/c1-15(2)22(27-23(28)20-6-4-5-7-21(20)25)24(29)26-14-16-8-9-18-13-19(30-3)11-10-17(18)12-16/h4-13,15,22H,14H2,1-3H3,(H,26,29)(H,27,28)/t22-/m1/s1. The average Bonchev–Trinajstić information content (AvgIpc) is 2.75. The molecule has 0 heterocycles. The zero-order valence-corrected chi connectivity index (χ0v) is 17.2. The summed E-state index contributed by atoms with van der Waals surface area (Å²) in [5, 5.41) is 7.59. The van der Waals surface area contributed by atoms with Crippen molar-refractivity contribution in [1.82, 2.24) is 10.6 Å². The topological polar surface area (TPSA) is 67.4 Å². The van der Waals surface area contributed by atoms with Gasteiger partial charge >= 0.3 is 0 Å². The molecule has 30 heavy (non-hydrogen) atoms. The number of carbonyl (C=O) groups excluding carboxylic acids is 2. The van der Waals surface area contributed by atoms with Gasteiger partial charge in [0.2, 0.25) is 5.91 Å². The fraction of sp³-hybridized carbons (Fsp3) is 0.250. The van der Waals surface area contributed by atoms with Crippen LogP contribution >= 0.6 is 0 Å². The number of hydrogen-bond donors (Lipinski definition) is 2. The number of amides is 2. The predicted octanol–water partition coefficient (Wildman–Crippen LogP) is 4.06. The molecule has 3 aromatic rings. The first-order valence-electron chi connectivity index (χ1n) is 9.79. The van der Waals surface area contributed by atoms with Crippen LogP contribution in [0.2, 0.25) is 0 Å². The summed E-state index contributed by atoms with van der Waals surface area (Å²) in [4.78, 5) is 25.1. The zero-order valence-electron chi connectivity index (χ0n) is 17.2. The van der Waals surface area contributed by atoms with Gasteiger partial charge in [0.1, 0.15) is 17.6 Å². The second kappa shape index (κ2) is 9.39. The number of rotatable bonds is 7. The van der Waals surface area contributed by atoms with Crippen LogP contribution in [0.15, 0.2) is 60.7 Å². The van der Waals surface area contributed by atoms with Gasteiger partial charge < -0.3 is 15.4 Å². The van der Waals surface area contributed by atoms with Gasteiger partial charge in [0.25, 0.3) is 5.91 Å². The molecule has 0 saturated heterocycles. The lowest BCUT2D eigenvalue weighted by molar-refractivity contribution is -0.124. The van der Waals surface area contributed by atoms with E-state index in [9.17, 15) is 14.0 Å². The largest absolute Gasteiger partial charge is 0.497 e. The van der Waals surface area contributed by atoms with Crippen LogP contribution in [0.25, 0.3) is 10.8 Å². The molecule has 0 radical (unpaired) electrons. The number of nitrogens with one attached hydrogen (secondary N) is 2. The normalized spacial score (nSPS) is 11.9. The first-order valence-corrected chi connectivity index (χ1v) is 9.79. The van der Waals surface area contributed by atoms with Gasteiger partial charge in [-0.25, -0.2) is 4.39 Å². The van der Waals surface area contributed by atoms with Crippen LogP contribution < -0.4 is 15.4 Å². The number of halogens is 1. The molecule has 0 saturated carbocycles. The predicted molar refractivity (Wildman–Crippen MR) is 115 cm³/mol. The summed E-state index contributed by atoms with van der Waals surface area (Å²) in [7, 11) is 1.63. The first-order chi connectivity index (χ1) is 14.4. The molecule has 3 rings (SSSR count). The third-order valence-electron chi connectivity index (χ3n) is 4.93. The first kappa shape index (κ1) is 21.3. The van der Waals surface area contributed by atoms with Gasteiger partial charge in [0.15, 0.2) is 0 Å². The molecule has 1 atom stereocenters. The maximum Gasteiger partial charge on any atom is 0.254 e. The van der Waals surface area contributed by atoms with Crippen molar-refractivity contribution in [2.45, 2.75) is 26.4 Å². The molecule has 5 nitrogen and oxygen atoms in total. The number of methoxy groups -OCH3 is 1. The summed E-state index contributed by atoms with van der Waals surface area (Å²) in [5.74, 6) is -0.921. The van der Waals surface area contributed by atoms with E-state index in [2.05, 4.69) is 10.6 Å². The molecule has 2 amide bonds. The Morgan fingerprint density at radius 2 is 1.70 bits per heavy atom. The van der Waals surface area contributed by atoms with Crippen LogP contribution in [0.3, 0.4) is 0 Å². The van der Waals surface area contributed by atoms with Crippen molar-refractivity contribution in [2.24, 2.45) is 5.92 Å². The number of benzene rings is 3. The fourth-order valence-electron chi connectivity index (χ4n) is 3.21. The smallest absolute Gasteiger partial charge is 0.254 e. The van der Waals surface area contributed by atoms with Crippen LogP contribution in [0, 0.1) is 11.7 Å². The summed E-state index contributed by atoms with van der Waals surface area (Å²) < 4.78 is 19.1. The van der Waals surface area contributed by atoms with Crippen molar-refractivity contribution in [3.05, 3.63) is 77.6 Å². The minimum atomic E-state index is -0.776. The second-order valence-corrected chi connectivity index (χ2v) is 7.44. The van der Waals surface area contributed by atoms with Crippen molar-refractivity contribution in [3.63, 3.8) is 0 Å². The second-order valence-electron chi connectivity index (χ2n) is 7.44. The number of carbonyl (C=O) groups is 2. The van der Waals surface area contributed by atoms with Gasteiger partial charge in [-0.05, 0) is 52.6 Å². The highest BCUT2D eigenvalue weighted by Crippen LogP contribution is 2.22. The van der Waals surface area contributed by atoms with Crippen LogP contribution in [0.5, 0.6) is 5.75 Å². The molecular weight excluding hydrogens is 383 g/mol. The Bertz CT molecular complexity index is 1070. The monoisotopic (exact) mass is 408 g/mol. The SMILES string of the molecule is COc1ccc2cc(CNC(=O)[C@H](NC(=O)c3ccccc3F)C(C)C)ccc2c1. The van der Waals surface area contributed by atoms with E-state index >= 15 is 0 Å². The summed E-state index contributed by atoms with van der Waals surface area (Å²) in [6.07, 6.45) is 0. The molecule has 6 heteroatoms. The van der Waals surface area contributed by atoms with Gasteiger partial charge in [0.05, 0.1) is 12.7 Å². The number of hydrogen-bond acceptors (Lipinski definition) is 3. The van der Waals surface area contributed by atoms with Crippen molar-refractivity contribution in [3.8, 4) is 5.75 Å². The molecule has 156 valence electrons. The Morgan fingerprint density at radius 1 is 1.00 bits per heavy atom. The highest BCUT2D eigenvalue weighted by atomic mass is 19.1. The van der Waals surface area contributed by atoms with Crippen molar-refractivity contribution in [1.29, 1.82) is 0 Å². The van der Waals surface area contributed by atoms with E-state index < -0.39 is 17.8 Å². The molecule has 2 N–H and O–H groups in total. The van der Waals surface area contributed by atoms with Crippen molar-refractivity contribution < 1.29 is 18.7 Å². The third kappa shape index (κ3) is 4.95. The van der Waals surface area contributed by atoms with E-state index in [1.54, 1.807) is 13.2 Å². The van der Waals surface area contributed by atoms with E-state index in [4.69, 9.17) is 4.74 Å². The van der Waals surface area contributed by atoms with Crippen molar-refractivity contribution >= 4 is 22.6 Å². The summed E-state index contributed by atoms with van der Waals surface area (Å²) in [5.41, 5.74) is 0.852. The third-order valence-corrected chi connectivity index (χ3v) is 4.93. The molecule has 0 fully saturated rings. The highest BCUT2D eigenvalue weighted by Gasteiger charge is 2.25. The lowest BCUT2D eigenvalue weighted by Crippen LogP contribution is -2.49. The summed E-state index contributed by atoms with van der Waals surface area (Å²) in [6, 6.07) is 16.6. The number of ether oxygens (including phenoxy) is 1. The molecular formula is C24H25FN2O3. The Labute approximate surface area is 175 Å². The summed E-state index contributed by atoms with van der Waals surface area (Å²) in [6.45, 7) is 3.98. The van der Waals surface area contributed by atoms with Gasteiger partial charge in [-0.15, -0.1) is 0 Å². The Morgan fingerprint density at radius 3 is 2.40 bits per heavy atom.